The molecule has 158 valence electrons. The van der Waals surface area contributed by atoms with Crippen LogP contribution in [0.4, 0.5) is 0 Å². The molecule has 0 N–H and O–H groups in total. The van der Waals surface area contributed by atoms with Crippen LogP contribution in [-0.4, -0.2) is 18.9 Å². The lowest BCUT2D eigenvalue weighted by atomic mass is 9.87. The number of ketones is 1. The largest absolute Gasteiger partial charge is 0.497 e. The van der Waals surface area contributed by atoms with E-state index < -0.39 is 5.97 Å². The maximum absolute atomic E-state index is 12.4. The van der Waals surface area contributed by atoms with Gasteiger partial charge in [-0.25, -0.2) is 4.79 Å². The Kier molecular flexibility index (Phi) is 6.71. The molecule has 0 bridgehead atoms. The highest BCUT2D eigenvalue weighted by molar-refractivity contribution is 6.06. The van der Waals surface area contributed by atoms with Gasteiger partial charge in [-0.3, -0.25) is 4.79 Å². The fraction of sp³-hybridized carbons (Fsp3) is 0.185. The summed E-state index contributed by atoms with van der Waals surface area (Å²) in [6.45, 7) is 6.36. The number of carbonyl (C=O) groups excluding carboxylic acids is 2. The first-order valence-corrected chi connectivity index (χ1v) is 10.1. The summed E-state index contributed by atoms with van der Waals surface area (Å²) in [6, 6.07) is 21.4. The quantitative estimate of drug-likeness (QED) is 0.211. The summed E-state index contributed by atoms with van der Waals surface area (Å²) < 4.78 is 10.6. The molecule has 3 aromatic rings. The molecule has 0 fully saturated rings. The minimum Gasteiger partial charge on any atom is -0.497 e. The molecule has 0 aromatic heterocycles. The number of carbonyl (C=O) groups is 2. The molecule has 0 heterocycles. The van der Waals surface area contributed by atoms with E-state index in [1.54, 1.807) is 49.6 Å². The zero-order valence-electron chi connectivity index (χ0n) is 18.2. The Morgan fingerprint density at radius 3 is 2.06 bits per heavy atom. The molecule has 0 saturated carbocycles. The summed E-state index contributed by atoms with van der Waals surface area (Å²) >= 11 is 0. The van der Waals surface area contributed by atoms with Gasteiger partial charge in [0.05, 0.1) is 12.7 Å². The third-order valence-electron chi connectivity index (χ3n) is 4.86. The van der Waals surface area contributed by atoms with Crippen molar-refractivity contribution in [3.63, 3.8) is 0 Å². The average molecular weight is 415 g/mol. The predicted molar refractivity (Wildman–Crippen MR) is 123 cm³/mol. The van der Waals surface area contributed by atoms with Gasteiger partial charge < -0.3 is 9.47 Å². The van der Waals surface area contributed by atoms with Gasteiger partial charge in [-0.15, -0.1) is 0 Å². The molecule has 0 atom stereocenters. The van der Waals surface area contributed by atoms with Crippen molar-refractivity contribution in [2.24, 2.45) is 0 Å². The number of methoxy groups -OCH3 is 1. The van der Waals surface area contributed by atoms with Crippen LogP contribution in [-0.2, 0) is 5.41 Å². The second-order valence-corrected chi connectivity index (χ2v) is 8.22. The third-order valence-corrected chi connectivity index (χ3v) is 4.86. The van der Waals surface area contributed by atoms with Crippen molar-refractivity contribution in [2.45, 2.75) is 26.2 Å². The highest BCUT2D eigenvalue weighted by Gasteiger charge is 2.15. The van der Waals surface area contributed by atoms with Gasteiger partial charge in [-0.2, -0.15) is 0 Å². The molecule has 0 aliphatic rings. The molecule has 4 nitrogen and oxygen atoms in total. The minimum absolute atomic E-state index is 0.0197. The second kappa shape index (κ2) is 9.43. The van der Waals surface area contributed by atoms with E-state index in [0.29, 0.717) is 16.9 Å². The van der Waals surface area contributed by atoms with E-state index in [9.17, 15) is 9.59 Å². The molecule has 0 unspecified atom stereocenters. The van der Waals surface area contributed by atoms with Crippen LogP contribution < -0.4 is 9.47 Å². The van der Waals surface area contributed by atoms with Crippen LogP contribution in [0.2, 0.25) is 0 Å². The van der Waals surface area contributed by atoms with Gasteiger partial charge in [0.25, 0.3) is 0 Å². The lowest BCUT2D eigenvalue weighted by Gasteiger charge is -2.18. The van der Waals surface area contributed by atoms with Crippen molar-refractivity contribution < 1.29 is 19.1 Å². The fourth-order valence-corrected chi connectivity index (χ4v) is 2.97. The lowest BCUT2D eigenvalue weighted by molar-refractivity contribution is 0.0734. The molecule has 0 saturated heterocycles. The van der Waals surface area contributed by atoms with E-state index in [2.05, 4.69) is 20.8 Å². The van der Waals surface area contributed by atoms with E-state index in [-0.39, 0.29) is 11.2 Å². The molecule has 4 heteroatoms. The Labute approximate surface area is 183 Å². The molecule has 0 radical (unpaired) electrons. The molecular formula is C27H26O4. The van der Waals surface area contributed by atoms with E-state index in [4.69, 9.17) is 9.47 Å². The molecule has 0 spiro atoms. The normalized spacial score (nSPS) is 11.4. The molecule has 3 aromatic carbocycles. The number of benzene rings is 3. The first-order chi connectivity index (χ1) is 14.8. The first-order valence-electron chi connectivity index (χ1n) is 10.1. The van der Waals surface area contributed by atoms with Crippen LogP contribution in [0.25, 0.3) is 6.08 Å². The third kappa shape index (κ3) is 5.92. The van der Waals surface area contributed by atoms with Crippen molar-refractivity contribution >= 4 is 17.8 Å². The monoisotopic (exact) mass is 414 g/mol. The number of esters is 1. The maximum Gasteiger partial charge on any atom is 0.343 e. The Morgan fingerprint density at radius 1 is 0.806 bits per heavy atom. The Hall–Kier alpha value is -3.66. The molecule has 3 rings (SSSR count). The smallest absolute Gasteiger partial charge is 0.343 e. The minimum atomic E-state index is -0.433. The molecule has 0 aliphatic carbocycles. The molecule has 0 amide bonds. The summed E-state index contributed by atoms with van der Waals surface area (Å²) in [5.74, 6) is 0.544. The van der Waals surface area contributed by atoms with Crippen molar-refractivity contribution in [1.82, 2.24) is 0 Å². The van der Waals surface area contributed by atoms with Gasteiger partial charge in [0.2, 0.25) is 0 Å². The van der Waals surface area contributed by atoms with E-state index >= 15 is 0 Å². The van der Waals surface area contributed by atoms with E-state index in [1.165, 1.54) is 6.08 Å². The summed E-state index contributed by atoms with van der Waals surface area (Å²) in [6.07, 6.45) is 3.24. The number of hydrogen-bond acceptors (Lipinski definition) is 4. The van der Waals surface area contributed by atoms with E-state index in [1.807, 2.05) is 36.4 Å². The lowest BCUT2D eigenvalue weighted by Crippen LogP contribution is -2.13. The first kappa shape index (κ1) is 22.0. The zero-order chi connectivity index (χ0) is 22.4. The van der Waals surface area contributed by atoms with Crippen molar-refractivity contribution in [2.75, 3.05) is 7.11 Å². The van der Waals surface area contributed by atoms with Crippen molar-refractivity contribution in [3.05, 3.63) is 101 Å². The zero-order valence-corrected chi connectivity index (χ0v) is 18.2. The van der Waals surface area contributed by atoms with Crippen LogP contribution >= 0.6 is 0 Å². The highest BCUT2D eigenvalue weighted by atomic mass is 16.5. The van der Waals surface area contributed by atoms with Gasteiger partial charge in [0.15, 0.2) is 5.78 Å². The fourth-order valence-electron chi connectivity index (χ4n) is 2.97. The second-order valence-electron chi connectivity index (χ2n) is 8.22. The standard InChI is InChI=1S/C27H26O4/c1-27(2,3)22-13-9-21(10-14-22)26(29)31-23-15-11-20(12-16-23)25(28)17-8-19-6-5-7-24(18-19)30-4/h5-18H,1-4H3/b17-8+. The van der Waals surface area contributed by atoms with E-state index in [0.717, 1.165) is 16.9 Å². The SMILES string of the molecule is COc1cccc(/C=C/C(=O)c2ccc(OC(=O)c3ccc(C(C)(C)C)cc3)cc2)c1. The van der Waals surface area contributed by atoms with Gasteiger partial charge in [-0.05, 0) is 71.1 Å². The van der Waals surface area contributed by atoms with Crippen LogP contribution in [0.15, 0.2) is 78.9 Å². The van der Waals surface area contributed by atoms with Gasteiger partial charge in [0, 0.05) is 5.56 Å². The van der Waals surface area contributed by atoms with Crippen LogP contribution in [0.5, 0.6) is 11.5 Å². The van der Waals surface area contributed by atoms with Gasteiger partial charge in [-0.1, -0.05) is 51.1 Å². The van der Waals surface area contributed by atoms with Crippen LogP contribution in [0.1, 0.15) is 52.6 Å². The number of hydrogen-bond donors (Lipinski definition) is 0. The Bertz CT molecular complexity index is 1090. The summed E-state index contributed by atoms with van der Waals surface area (Å²) in [4.78, 5) is 24.8. The number of ether oxygens (including phenoxy) is 2. The van der Waals surface area contributed by atoms with Crippen molar-refractivity contribution in [3.8, 4) is 11.5 Å². The molecular weight excluding hydrogens is 388 g/mol. The summed E-state index contributed by atoms with van der Waals surface area (Å²) in [7, 11) is 1.60. The number of allylic oxidation sites excluding steroid dienone is 1. The maximum atomic E-state index is 12.4. The molecule has 0 aliphatic heterocycles. The van der Waals surface area contributed by atoms with Gasteiger partial charge in [0.1, 0.15) is 11.5 Å². The number of rotatable bonds is 6. The molecule has 31 heavy (non-hydrogen) atoms. The summed E-state index contributed by atoms with van der Waals surface area (Å²) in [5, 5.41) is 0. The average Bonchev–Trinajstić information content (AvgIpc) is 2.77. The topological polar surface area (TPSA) is 52.6 Å². The predicted octanol–water partition coefficient (Wildman–Crippen LogP) is 6.11. The Balaban J connectivity index is 1.63. The van der Waals surface area contributed by atoms with Crippen molar-refractivity contribution in [1.29, 1.82) is 0 Å². The van der Waals surface area contributed by atoms with Crippen LogP contribution in [0.3, 0.4) is 0 Å². The van der Waals surface area contributed by atoms with Crippen LogP contribution in [0, 0.1) is 0 Å². The van der Waals surface area contributed by atoms with Gasteiger partial charge >= 0.3 is 5.97 Å². The summed E-state index contributed by atoms with van der Waals surface area (Å²) in [5.41, 5.74) is 3.03. The highest BCUT2D eigenvalue weighted by Crippen LogP contribution is 2.23. The Morgan fingerprint density at radius 2 is 1.45 bits per heavy atom.